The number of ether oxygens (including phenoxy) is 1. The lowest BCUT2D eigenvalue weighted by atomic mass is 10.1. The molecule has 0 heterocycles. The molecule has 1 atom stereocenters. The van der Waals surface area contributed by atoms with Crippen molar-refractivity contribution in [1.82, 2.24) is 4.90 Å². The Kier molecular flexibility index (Phi) is 7.04. The predicted molar refractivity (Wildman–Crippen MR) is 83.2 cm³/mol. The molecule has 1 aromatic rings. The van der Waals surface area contributed by atoms with E-state index in [4.69, 9.17) is 21.6 Å². The van der Waals surface area contributed by atoms with Crippen molar-refractivity contribution in [3.05, 3.63) is 35.9 Å². The Morgan fingerprint density at radius 2 is 1.95 bits per heavy atom. The second-order valence-electron chi connectivity index (χ2n) is 4.71. The molecule has 5 N–H and O–H groups in total. The first-order valence-electron chi connectivity index (χ1n) is 7.10. The number of carbonyl (C=O) groups excluding carboxylic acids is 2. The predicted octanol–water partition coefficient (Wildman–Crippen LogP) is 0.693. The number of nitrogens with zero attached hydrogens (tertiary/aromatic N) is 1. The van der Waals surface area contributed by atoms with Crippen molar-refractivity contribution in [3.8, 4) is 0 Å². The van der Waals surface area contributed by atoms with E-state index in [0.29, 0.717) is 18.4 Å². The summed E-state index contributed by atoms with van der Waals surface area (Å²) in [6.07, 6.45) is 0.794. The van der Waals surface area contributed by atoms with Gasteiger partial charge in [-0.2, -0.15) is 0 Å². The van der Waals surface area contributed by atoms with Gasteiger partial charge in [-0.15, -0.1) is 0 Å². The summed E-state index contributed by atoms with van der Waals surface area (Å²) in [4.78, 5) is 24.9. The maximum atomic E-state index is 12.3. The third-order valence-electron chi connectivity index (χ3n) is 3.04. The molecule has 0 aliphatic carbocycles. The number of carbonyl (C=O) groups is 2. The van der Waals surface area contributed by atoms with E-state index in [1.165, 1.54) is 0 Å². The fraction of sp³-hybridized carbons (Fsp3) is 0.400. The molecule has 0 spiro atoms. The standard InChI is InChI=1S/C15H22N4O3/c1-2-22-14(21)12(16)9-6-10-19(15(17)18)13(20)11-7-4-3-5-8-11/h3-5,7-8,12H,2,6,9-10,16H2,1H3,(H3,17,18)/t12-/m0/s1. The highest BCUT2D eigenvalue weighted by Crippen LogP contribution is 2.07. The molecule has 22 heavy (non-hydrogen) atoms. The van der Waals surface area contributed by atoms with Crippen LogP contribution in [0.15, 0.2) is 30.3 Å². The quantitative estimate of drug-likeness (QED) is 0.388. The molecule has 7 nitrogen and oxygen atoms in total. The summed E-state index contributed by atoms with van der Waals surface area (Å²) in [6.45, 7) is 2.20. The Morgan fingerprint density at radius 1 is 1.32 bits per heavy atom. The fourth-order valence-electron chi connectivity index (χ4n) is 1.90. The zero-order valence-corrected chi connectivity index (χ0v) is 12.6. The molecule has 0 saturated carbocycles. The summed E-state index contributed by atoms with van der Waals surface area (Å²) in [7, 11) is 0. The minimum Gasteiger partial charge on any atom is -0.465 e. The molecule has 7 heteroatoms. The van der Waals surface area contributed by atoms with Crippen LogP contribution in [0.5, 0.6) is 0 Å². The van der Waals surface area contributed by atoms with E-state index >= 15 is 0 Å². The summed E-state index contributed by atoms with van der Waals surface area (Å²) in [5.74, 6) is -1.15. The van der Waals surface area contributed by atoms with E-state index in [0.717, 1.165) is 4.90 Å². The van der Waals surface area contributed by atoms with Gasteiger partial charge in [0.05, 0.1) is 6.61 Å². The van der Waals surface area contributed by atoms with E-state index in [1.807, 2.05) is 0 Å². The van der Waals surface area contributed by atoms with Crippen LogP contribution in [-0.4, -0.2) is 41.9 Å². The van der Waals surface area contributed by atoms with Gasteiger partial charge in [-0.05, 0) is 31.9 Å². The number of nitrogens with one attached hydrogen (secondary N) is 1. The zero-order chi connectivity index (χ0) is 16.5. The molecular weight excluding hydrogens is 284 g/mol. The summed E-state index contributed by atoms with van der Waals surface area (Å²) in [6, 6.07) is 7.85. The maximum Gasteiger partial charge on any atom is 0.322 e. The second kappa shape index (κ2) is 8.78. The van der Waals surface area contributed by atoms with Gasteiger partial charge >= 0.3 is 5.97 Å². The van der Waals surface area contributed by atoms with Crippen molar-refractivity contribution in [2.75, 3.05) is 13.2 Å². The lowest BCUT2D eigenvalue weighted by Gasteiger charge is -2.21. The van der Waals surface area contributed by atoms with Crippen LogP contribution in [0.4, 0.5) is 0 Å². The maximum absolute atomic E-state index is 12.3. The first-order chi connectivity index (χ1) is 10.5. The van der Waals surface area contributed by atoms with Gasteiger partial charge < -0.3 is 16.2 Å². The highest BCUT2D eigenvalue weighted by Gasteiger charge is 2.20. The minimum absolute atomic E-state index is 0.218. The van der Waals surface area contributed by atoms with Crippen molar-refractivity contribution < 1.29 is 14.3 Å². The van der Waals surface area contributed by atoms with Gasteiger partial charge in [-0.1, -0.05) is 18.2 Å². The lowest BCUT2D eigenvalue weighted by molar-refractivity contribution is -0.144. The van der Waals surface area contributed by atoms with Crippen molar-refractivity contribution in [2.24, 2.45) is 11.5 Å². The van der Waals surface area contributed by atoms with Crippen LogP contribution < -0.4 is 11.5 Å². The van der Waals surface area contributed by atoms with Crippen molar-refractivity contribution in [2.45, 2.75) is 25.8 Å². The summed E-state index contributed by atoms with van der Waals surface area (Å²) < 4.78 is 4.81. The van der Waals surface area contributed by atoms with Gasteiger partial charge in [-0.25, -0.2) is 0 Å². The van der Waals surface area contributed by atoms with Crippen LogP contribution in [0.2, 0.25) is 0 Å². The summed E-state index contributed by atoms with van der Waals surface area (Å²) in [5.41, 5.74) is 11.6. The molecular formula is C15H22N4O3. The molecule has 0 unspecified atom stereocenters. The largest absolute Gasteiger partial charge is 0.465 e. The Balaban J connectivity index is 2.57. The Morgan fingerprint density at radius 3 is 2.50 bits per heavy atom. The smallest absolute Gasteiger partial charge is 0.322 e. The fourth-order valence-corrected chi connectivity index (χ4v) is 1.90. The van der Waals surface area contributed by atoms with Crippen LogP contribution in [0.1, 0.15) is 30.1 Å². The Hall–Kier alpha value is -2.41. The molecule has 0 fully saturated rings. The highest BCUT2D eigenvalue weighted by molar-refractivity contribution is 6.04. The SMILES string of the molecule is CCOC(=O)[C@@H](N)CCCN(C(=N)N)C(=O)c1ccccc1. The Labute approximate surface area is 129 Å². The number of benzene rings is 1. The number of guanidine groups is 1. The number of hydrogen-bond donors (Lipinski definition) is 3. The Bertz CT molecular complexity index is 519. The normalized spacial score (nSPS) is 11.5. The first-order valence-corrected chi connectivity index (χ1v) is 7.10. The topological polar surface area (TPSA) is 122 Å². The van der Waals surface area contributed by atoms with Crippen LogP contribution in [0, 0.1) is 5.41 Å². The van der Waals surface area contributed by atoms with Gasteiger partial charge in [0.15, 0.2) is 5.96 Å². The van der Waals surface area contributed by atoms with Crippen LogP contribution in [0.25, 0.3) is 0 Å². The van der Waals surface area contributed by atoms with E-state index < -0.39 is 12.0 Å². The third kappa shape index (κ3) is 5.17. The summed E-state index contributed by atoms with van der Waals surface area (Å²) in [5, 5.41) is 7.53. The van der Waals surface area contributed by atoms with Crippen LogP contribution in [-0.2, 0) is 9.53 Å². The van der Waals surface area contributed by atoms with Crippen molar-refractivity contribution in [1.29, 1.82) is 5.41 Å². The van der Waals surface area contributed by atoms with E-state index in [1.54, 1.807) is 37.3 Å². The minimum atomic E-state index is -0.736. The van der Waals surface area contributed by atoms with Crippen LogP contribution >= 0.6 is 0 Å². The molecule has 0 aliphatic heterocycles. The van der Waals surface area contributed by atoms with E-state index in [-0.39, 0.29) is 25.0 Å². The number of rotatable bonds is 7. The summed E-state index contributed by atoms with van der Waals surface area (Å²) >= 11 is 0. The molecule has 0 radical (unpaired) electrons. The van der Waals surface area contributed by atoms with E-state index in [2.05, 4.69) is 0 Å². The molecule has 1 amide bonds. The van der Waals surface area contributed by atoms with Crippen molar-refractivity contribution in [3.63, 3.8) is 0 Å². The van der Waals surface area contributed by atoms with Gasteiger partial charge in [0, 0.05) is 12.1 Å². The average molecular weight is 306 g/mol. The molecule has 120 valence electrons. The second-order valence-corrected chi connectivity index (χ2v) is 4.71. The number of amides is 1. The van der Waals surface area contributed by atoms with Crippen molar-refractivity contribution >= 4 is 17.8 Å². The van der Waals surface area contributed by atoms with E-state index in [9.17, 15) is 9.59 Å². The van der Waals surface area contributed by atoms with Crippen LogP contribution in [0.3, 0.4) is 0 Å². The molecule has 0 saturated heterocycles. The third-order valence-corrected chi connectivity index (χ3v) is 3.04. The molecule has 0 bridgehead atoms. The molecule has 0 aromatic heterocycles. The molecule has 1 rings (SSSR count). The average Bonchev–Trinajstić information content (AvgIpc) is 2.51. The number of hydrogen-bond acceptors (Lipinski definition) is 5. The number of nitrogens with two attached hydrogens (primary N) is 2. The molecule has 0 aliphatic rings. The number of esters is 1. The lowest BCUT2D eigenvalue weighted by Crippen LogP contribution is -2.42. The van der Waals surface area contributed by atoms with Gasteiger partial charge in [0.25, 0.3) is 5.91 Å². The van der Waals surface area contributed by atoms with Gasteiger partial charge in [0.1, 0.15) is 6.04 Å². The van der Waals surface area contributed by atoms with Gasteiger partial charge in [-0.3, -0.25) is 19.9 Å². The zero-order valence-electron chi connectivity index (χ0n) is 12.6. The highest BCUT2D eigenvalue weighted by atomic mass is 16.5. The molecule has 1 aromatic carbocycles. The van der Waals surface area contributed by atoms with Gasteiger partial charge in [0.2, 0.25) is 0 Å². The first kappa shape index (κ1) is 17.6. The monoisotopic (exact) mass is 306 g/mol.